The minimum atomic E-state index is -4.73. The summed E-state index contributed by atoms with van der Waals surface area (Å²) in [6, 6.07) is 5.88. The van der Waals surface area contributed by atoms with E-state index in [9.17, 15) is 27.6 Å². The van der Waals surface area contributed by atoms with Gasteiger partial charge >= 0.3 is 17.8 Å². The molecule has 0 aliphatic heterocycles. The normalized spacial score (nSPS) is 11.7. The number of aryl methyl sites for hydroxylation is 2. The number of nitrogens with zero attached hydrogens (tertiary/aromatic N) is 4. The Kier molecular flexibility index (Phi) is 6.01. The molecule has 13 heteroatoms. The molecule has 10 nitrogen and oxygen atoms in total. The molecule has 0 fully saturated rings. The number of rotatable bonds is 5. The van der Waals surface area contributed by atoms with Crippen LogP contribution in [0.3, 0.4) is 0 Å². The highest BCUT2D eigenvalue weighted by atomic mass is 19.4. The van der Waals surface area contributed by atoms with Gasteiger partial charge in [-0.25, -0.2) is 14.3 Å². The molecule has 0 spiro atoms. The number of carbonyl (C=O) groups is 2. The van der Waals surface area contributed by atoms with Gasteiger partial charge in [0.25, 0.3) is 11.6 Å². The maximum absolute atomic E-state index is 13.0. The molecule has 0 unspecified atom stereocenters. The van der Waals surface area contributed by atoms with E-state index in [0.717, 1.165) is 4.52 Å². The Bertz CT molecular complexity index is 1540. The first-order valence-corrected chi connectivity index (χ1v) is 10.2. The van der Waals surface area contributed by atoms with E-state index in [1.165, 1.54) is 26.0 Å². The zero-order valence-electron chi connectivity index (χ0n) is 18.7. The summed E-state index contributed by atoms with van der Waals surface area (Å²) in [6.45, 7) is 4.13. The Morgan fingerprint density at radius 1 is 1.17 bits per heavy atom. The molecule has 1 amide bonds. The van der Waals surface area contributed by atoms with Gasteiger partial charge in [0.15, 0.2) is 0 Å². The molecule has 1 aromatic carbocycles. The lowest BCUT2D eigenvalue weighted by Gasteiger charge is -2.11. The van der Waals surface area contributed by atoms with Crippen LogP contribution in [-0.4, -0.2) is 31.5 Å². The van der Waals surface area contributed by atoms with E-state index in [2.05, 4.69) is 20.4 Å². The van der Waals surface area contributed by atoms with Crippen molar-refractivity contribution in [2.24, 2.45) is 0 Å². The second-order valence-corrected chi connectivity index (χ2v) is 7.73. The Morgan fingerprint density at radius 2 is 1.91 bits per heavy atom. The monoisotopic (exact) mass is 489 g/mol. The summed E-state index contributed by atoms with van der Waals surface area (Å²) in [5.74, 6) is -2.55. The lowest BCUT2D eigenvalue weighted by atomic mass is 10.1. The molecule has 3 heterocycles. The molecule has 0 bridgehead atoms. The van der Waals surface area contributed by atoms with Gasteiger partial charge in [0.2, 0.25) is 5.91 Å². The van der Waals surface area contributed by atoms with Crippen molar-refractivity contribution in [3.63, 3.8) is 0 Å². The van der Waals surface area contributed by atoms with Crippen molar-refractivity contribution in [1.82, 2.24) is 19.6 Å². The molecule has 0 saturated heterocycles. The highest BCUT2D eigenvalue weighted by molar-refractivity contribution is 5.92. The molecular formula is C22H18F3N5O5. The smallest absolute Gasteiger partial charge is 0.453 e. The van der Waals surface area contributed by atoms with E-state index in [1.54, 1.807) is 19.1 Å². The first-order chi connectivity index (χ1) is 16.4. The molecule has 0 radical (unpaired) electrons. The van der Waals surface area contributed by atoms with Crippen LogP contribution in [0.2, 0.25) is 0 Å². The maximum Gasteiger partial charge on any atom is 0.453 e. The van der Waals surface area contributed by atoms with Crippen molar-refractivity contribution >= 4 is 34.3 Å². The summed E-state index contributed by atoms with van der Waals surface area (Å²) in [5.41, 5.74) is 1.26. The molecule has 0 aliphatic rings. The van der Waals surface area contributed by atoms with Crippen LogP contribution < -0.4 is 10.9 Å². The third kappa shape index (κ3) is 4.98. The van der Waals surface area contributed by atoms with Gasteiger partial charge in [0.05, 0.1) is 6.42 Å². The maximum atomic E-state index is 13.0. The number of hydrogen-bond acceptors (Lipinski definition) is 8. The van der Waals surface area contributed by atoms with Gasteiger partial charge in [-0.2, -0.15) is 18.2 Å². The van der Waals surface area contributed by atoms with Crippen molar-refractivity contribution in [2.45, 2.75) is 40.0 Å². The number of benzene rings is 1. The van der Waals surface area contributed by atoms with E-state index in [-0.39, 0.29) is 36.0 Å². The number of fused-ring (bicyclic) bond motifs is 2. The number of hydrogen-bond donors (Lipinski definition) is 1. The predicted octanol–water partition coefficient (Wildman–Crippen LogP) is 3.11. The quantitative estimate of drug-likeness (QED) is 0.335. The van der Waals surface area contributed by atoms with Gasteiger partial charge in [-0.15, -0.1) is 5.10 Å². The Hall–Kier alpha value is -4.29. The van der Waals surface area contributed by atoms with Crippen molar-refractivity contribution in [3.8, 4) is 0 Å². The third-order valence-corrected chi connectivity index (χ3v) is 5.16. The fraction of sp³-hybridized carbons (Fsp3) is 0.273. The van der Waals surface area contributed by atoms with Gasteiger partial charge < -0.3 is 14.5 Å². The zero-order valence-corrected chi connectivity index (χ0v) is 18.7. The molecule has 0 aliphatic carbocycles. The molecule has 4 aromatic rings. The summed E-state index contributed by atoms with van der Waals surface area (Å²) in [4.78, 5) is 43.2. The van der Waals surface area contributed by atoms with Gasteiger partial charge in [0.1, 0.15) is 12.2 Å². The first-order valence-electron chi connectivity index (χ1n) is 10.2. The minimum absolute atomic E-state index is 0.197. The predicted molar refractivity (Wildman–Crippen MR) is 116 cm³/mol. The number of esters is 1. The van der Waals surface area contributed by atoms with Crippen molar-refractivity contribution in [2.75, 3.05) is 5.32 Å². The lowest BCUT2D eigenvalue weighted by Crippen LogP contribution is -2.14. The zero-order chi connectivity index (χ0) is 25.5. The highest BCUT2D eigenvalue weighted by Gasteiger charge is 2.37. The number of aromatic nitrogens is 4. The van der Waals surface area contributed by atoms with E-state index in [4.69, 9.17) is 9.15 Å². The third-order valence-electron chi connectivity index (χ3n) is 5.16. The van der Waals surface area contributed by atoms with Crippen LogP contribution in [0.1, 0.15) is 35.3 Å². The number of alkyl halides is 3. The Morgan fingerprint density at radius 3 is 2.60 bits per heavy atom. The van der Waals surface area contributed by atoms with E-state index in [0.29, 0.717) is 27.9 Å². The molecule has 35 heavy (non-hydrogen) atoms. The summed E-state index contributed by atoms with van der Waals surface area (Å²) in [6.07, 6.45) is -5.02. The van der Waals surface area contributed by atoms with E-state index < -0.39 is 23.6 Å². The fourth-order valence-electron chi connectivity index (χ4n) is 3.57. The fourth-order valence-corrected chi connectivity index (χ4v) is 3.57. The molecule has 182 valence electrons. The summed E-state index contributed by atoms with van der Waals surface area (Å²) in [7, 11) is 0. The number of ether oxygens (including phenoxy) is 1. The number of carbonyl (C=O) groups excluding carboxylic acids is 2. The number of anilines is 1. The van der Waals surface area contributed by atoms with Gasteiger partial charge in [-0.3, -0.25) is 9.59 Å². The summed E-state index contributed by atoms with van der Waals surface area (Å²) >= 11 is 0. The molecule has 0 atom stereocenters. The molecular weight excluding hydrogens is 471 g/mol. The summed E-state index contributed by atoms with van der Waals surface area (Å²) in [5, 5.41) is 6.53. The molecule has 0 saturated carbocycles. The topological polar surface area (TPSA) is 129 Å². The van der Waals surface area contributed by atoms with Crippen LogP contribution >= 0.6 is 0 Å². The van der Waals surface area contributed by atoms with E-state index in [1.807, 2.05) is 0 Å². The van der Waals surface area contributed by atoms with E-state index >= 15 is 0 Å². The van der Waals surface area contributed by atoms with Crippen LogP contribution in [-0.2, 0) is 33.5 Å². The molecule has 4 rings (SSSR count). The standard InChI is InChI=1S/C22H18F3N5O5/c1-10-16(11(2)30-21(26-10)28-20(29-30)22(23,24)25)8-18(32)34-9-13-6-19(33)35-17-7-14(27-12(3)31)4-5-15(13)17/h4-7H,8-9H2,1-3H3,(H,27,31). The first kappa shape index (κ1) is 23.9. The van der Waals surface area contributed by atoms with Crippen LogP contribution in [0.15, 0.2) is 33.5 Å². The van der Waals surface area contributed by atoms with Crippen LogP contribution in [0.25, 0.3) is 16.7 Å². The largest absolute Gasteiger partial charge is 0.461 e. The van der Waals surface area contributed by atoms with Gasteiger partial charge in [0, 0.05) is 52.6 Å². The number of amides is 1. The second-order valence-electron chi connectivity index (χ2n) is 7.73. The molecule has 1 N–H and O–H groups in total. The minimum Gasteiger partial charge on any atom is -0.461 e. The average Bonchev–Trinajstić information content (AvgIpc) is 3.19. The summed E-state index contributed by atoms with van der Waals surface area (Å²) < 4.78 is 50.3. The van der Waals surface area contributed by atoms with Gasteiger partial charge in [-0.05, 0) is 26.0 Å². The van der Waals surface area contributed by atoms with Crippen molar-refractivity contribution in [1.29, 1.82) is 0 Å². The SMILES string of the molecule is CC(=O)Nc1ccc2c(COC(=O)Cc3c(C)nc4nc(C(F)(F)F)nn4c3C)cc(=O)oc2c1. The van der Waals surface area contributed by atoms with Crippen LogP contribution in [0.4, 0.5) is 18.9 Å². The number of halogens is 3. The lowest BCUT2D eigenvalue weighted by molar-refractivity contribution is -0.145. The van der Waals surface area contributed by atoms with Crippen LogP contribution in [0.5, 0.6) is 0 Å². The second kappa shape index (κ2) is 8.81. The Balaban J connectivity index is 1.55. The highest BCUT2D eigenvalue weighted by Crippen LogP contribution is 2.27. The van der Waals surface area contributed by atoms with Gasteiger partial charge in [-0.1, -0.05) is 0 Å². The average molecular weight is 489 g/mol. The Labute approximate surface area is 194 Å². The van der Waals surface area contributed by atoms with Crippen molar-refractivity contribution < 1.29 is 31.9 Å². The molecule has 3 aromatic heterocycles. The number of nitrogens with one attached hydrogen (secondary N) is 1. The van der Waals surface area contributed by atoms with Crippen LogP contribution in [0, 0.1) is 13.8 Å². The van der Waals surface area contributed by atoms with Crippen molar-refractivity contribution in [3.05, 3.63) is 63.0 Å².